The number of pyridine rings is 1. The van der Waals surface area contributed by atoms with Crippen LogP contribution in [0.5, 0.6) is 0 Å². The first kappa shape index (κ1) is 16.6. The van der Waals surface area contributed by atoms with Crippen LogP contribution in [0.1, 0.15) is 25.0 Å². The number of nitrogens with one attached hydrogen (secondary N) is 1. The van der Waals surface area contributed by atoms with E-state index in [4.69, 9.17) is 17.0 Å². The van der Waals surface area contributed by atoms with Crippen LogP contribution >= 0.6 is 12.2 Å². The zero-order valence-corrected chi connectivity index (χ0v) is 14.4. The molecule has 6 heteroatoms. The van der Waals surface area contributed by atoms with Gasteiger partial charge in [-0.25, -0.2) is 0 Å². The minimum Gasteiger partial charge on any atom is -0.379 e. The minimum atomic E-state index is 0.591. The molecule has 1 saturated carbocycles. The third kappa shape index (κ3) is 5.71. The molecular formula is C17H26N4OS. The van der Waals surface area contributed by atoms with Crippen LogP contribution in [0.25, 0.3) is 0 Å². The van der Waals surface area contributed by atoms with Gasteiger partial charge in [0, 0.05) is 38.4 Å². The van der Waals surface area contributed by atoms with Gasteiger partial charge in [0.1, 0.15) is 0 Å². The highest BCUT2D eigenvalue weighted by Gasteiger charge is 2.24. The molecule has 2 fully saturated rings. The number of aromatic nitrogens is 1. The predicted molar refractivity (Wildman–Crippen MR) is 95.3 cm³/mol. The highest BCUT2D eigenvalue weighted by molar-refractivity contribution is 7.80. The summed E-state index contributed by atoms with van der Waals surface area (Å²) in [7, 11) is 0. The lowest BCUT2D eigenvalue weighted by atomic mass is 10.3. The molecule has 0 aromatic carbocycles. The zero-order valence-electron chi connectivity index (χ0n) is 13.6. The summed E-state index contributed by atoms with van der Waals surface area (Å²) in [4.78, 5) is 9.17. The average molecular weight is 334 g/mol. The standard InChI is InChI=1S/C17H26N4OS/c23-17(19-15-5-6-15)21(14-16-4-1-2-7-18-16)9-3-8-20-10-12-22-13-11-20/h1-2,4,7,15H,3,5-6,8-14H2,(H,19,23). The Hall–Kier alpha value is -1.24. The number of hydrogen-bond donors (Lipinski definition) is 1. The Morgan fingerprint density at radius 3 is 2.87 bits per heavy atom. The van der Waals surface area contributed by atoms with Crippen LogP contribution in [0.4, 0.5) is 0 Å². The fraction of sp³-hybridized carbons (Fsp3) is 0.647. The number of hydrogen-bond acceptors (Lipinski definition) is 4. The molecule has 0 spiro atoms. The van der Waals surface area contributed by atoms with E-state index >= 15 is 0 Å². The molecule has 5 nitrogen and oxygen atoms in total. The van der Waals surface area contributed by atoms with Gasteiger partial charge >= 0.3 is 0 Å². The monoisotopic (exact) mass is 334 g/mol. The van der Waals surface area contributed by atoms with Crippen molar-refractivity contribution < 1.29 is 4.74 Å². The maximum absolute atomic E-state index is 5.61. The minimum absolute atomic E-state index is 0.591. The summed E-state index contributed by atoms with van der Waals surface area (Å²) in [6, 6.07) is 6.64. The van der Waals surface area contributed by atoms with Gasteiger partial charge in [0.05, 0.1) is 25.5 Å². The molecule has 0 amide bonds. The lowest BCUT2D eigenvalue weighted by Gasteiger charge is -2.29. The maximum Gasteiger partial charge on any atom is 0.169 e. The van der Waals surface area contributed by atoms with Crippen molar-refractivity contribution in [2.24, 2.45) is 0 Å². The van der Waals surface area contributed by atoms with Gasteiger partial charge in [-0.15, -0.1) is 0 Å². The smallest absolute Gasteiger partial charge is 0.169 e. The van der Waals surface area contributed by atoms with Crippen LogP contribution in [0.15, 0.2) is 24.4 Å². The molecule has 0 atom stereocenters. The maximum atomic E-state index is 5.61. The molecule has 1 aromatic rings. The SMILES string of the molecule is S=C(NC1CC1)N(CCCN1CCOCC1)Cc1ccccn1. The summed E-state index contributed by atoms with van der Waals surface area (Å²) in [6.07, 6.45) is 5.44. The van der Waals surface area contributed by atoms with Crippen LogP contribution in [0, 0.1) is 0 Å². The third-order valence-electron chi connectivity index (χ3n) is 4.28. The van der Waals surface area contributed by atoms with Crippen molar-refractivity contribution in [3.8, 4) is 0 Å². The summed E-state index contributed by atoms with van der Waals surface area (Å²) >= 11 is 5.61. The first-order valence-corrected chi connectivity index (χ1v) is 8.97. The Morgan fingerprint density at radius 2 is 2.17 bits per heavy atom. The Bertz CT molecular complexity index is 489. The Balaban J connectivity index is 1.49. The van der Waals surface area contributed by atoms with Gasteiger partial charge in [-0.2, -0.15) is 0 Å². The molecule has 2 aliphatic rings. The van der Waals surface area contributed by atoms with Gasteiger partial charge in [-0.1, -0.05) is 6.07 Å². The molecule has 0 radical (unpaired) electrons. The molecule has 1 saturated heterocycles. The van der Waals surface area contributed by atoms with E-state index in [0.29, 0.717) is 6.04 Å². The van der Waals surface area contributed by atoms with Crippen molar-refractivity contribution in [2.45, 2.75) is 31.8 Å². The molecule has 1 aliphatic carbocycles. The predicted octanol–water partition coefficient (Wildman–Crippen LogP) is 1.64. The van der Waals surface area contributed by atoms with E-state index in [1.807, 2.05) is 18.3 Å². The van der Waals surface area contributed by atoms with E-state index in [1.54, 1.807) is 0 Å². The van der Waals surface area contributed by atoms with E-state index in [0.717, 1.165) is 63.2 Å². The first-order valence-electron chi connectivity index (χ1n) is 8.57. The molecule has 1 aliphatic heterocycles. The Morgan fingerprint density at radius 1 is 1.35 bits per heavy atom. The van der Waals surface area contributed by atoms with E-state index in [9.17, 15) is 0 Å². The van der Waals surface area contributed by atoms with Gasteiger partial charge in [-0.3, -0.25) is 9.88 Å². The van der Waals surface area contributed by atoms with Crippen molar-refractivity contribution in [3.05, 3.63) is 30.1 Å². The van der Waals surface area contributed by atoms with Gasteiger partial charge in [-0.05, 0) is 43.6 Å². The number of nitrogens with zero attached hydrogens (tertiary/aromatic N) is 3. The van der Waals surface area contributed by atoms with Gasteiger partial charge in [0.2, 0.25) is 0 Å². The Labute approximate surface area is 144 Å². The second kappa shape index (κ2) is 8.57. The van der Waals surface area contributed by atoms with Crippen molar-refractivity contribution in [1.29, 1.82) is 0 Å². The summed E-state index contributed by atoms with van der Waals surface area (Å²) in [6.45, 7) is 6.66. The molecule has 126 valence electrons. The zero-order chi connectivity index (χ0) is 15.9. The van der Waals surface area contributed by atoms with Crippen LogP contribution in [-0.4, -0.2) is 65.3 Å². The molecule has 1 aromatic heterocycles. The quantitative estimate of drug-likeness (QED) is 0.765. The normalized spacial score (nSPS) is 18.6. The molecule has 0 bridgehead atoms. The summed E-state index contributed by atoms with van der Waals surface area (Å²) in [5.41, 5.74) is 1.07. The highest BCUT2D eigenvalue weighted by Crippen LogP contribution is 2.19. The lowest BCUT2D eigenvalue weighted by Crippen LogP contribution is -2.42. The second-order valence-electron chi connectivity index (χ2n) is 6.27. The van der Waals surface area contributed by atoms with Crippen molar-refractivity contribution in [1.82, 2.24) is 20.1 Å². The van der Waals surface area contributed by atoms with E-state index in [-0.39, 0.29) is 0 Å². The lowest BCUT2D eigenvalue weighted by molar-refractivity contribution is 0.0367. The van der Waals surface area contributed by atoms with Crippen LogP contribution < -0.4 is 5.32 Å². The summed E-state index contributed by atoms with van der Waals surface area (Å²) in [5.74, 6) is 0. The molecule has 23 heavy (non-hydrogen) atoms. The van der Waals surface area contributed by atoms with Gasteiger partial charge < -0.3 is 15.0 Å². The van der Waals surface area contributed by atoms with Crippen molar-refractivity contribution in [2.75, 3.05) is 39.4 Å². The van der Waals surface area contributed by atoms with E-state index < -0.39 is 0 Å². The Kier molecular flexibility index (Phi) is 6.19. The topological polar surface area (TPSA) is 40.6 Å². The van der Waals surface area contributed by atoms with Crippen molar-refractivity contribution >= 4 is 17.3 Å². The highest BCUT2D eigenvalue weighted by atomic mass is 32.1. The van der Waals surface area contributed by atoms with Crippen LogP contribution in [0.2, 0.25) is 0 Å². The number of morpholine rings is 1. The third-order valence-corrected chi connectivity index (χ3v) is 4.65. The molecule has 0 unspecified atom stereocenters. The van der Waals surface area contributed by atoms with Crippen LogP contribution in [0.3, 0.4) is 0 Å². The van der Waals surface area contributed by atoms with Crippen LogP contribution in [-0.2, 0) is 11.3 Å². The number of ether oxygens (including phenoxy) is 1. The molecule has 3 rings (SSSR count). The summed E-state index contributed by atoms with van der Waals surface area (Å²) in [5, 5.41) is 4.33. The fourth-order valence-electron chi connectivity index (χ4n) is 2.74. The number of thiocarbonyl (C=S) groups is 1. The van der Waals surface area contributed by atoms with Gasteiger partial charge in [0.25, 0.3) is 0 Å². The summed E-state index contributed by atoms with van der Waals surface area (Å²) < 4.78 is 5.40. The molecular weight excluding hydrogens is 308 g/mol. The number of rotatable bonds is 7. The van der Waals surface area contributed by atoms with E-state index in [1.165, 1.54) is 12.8 Å². The molecule has 2 heterocycles. The second-order valence-corrected chi connectivity index (χ2v) is 6.66. The molecule has 1 N–H and O–H groups in total. The first-order chi connectivity index (χ1) is 11.3. The van der Waals surface area contributed by atoms with Gasteiger partial charge in [0.15, 0.2) is 5.11 Å². The average Bonchev–Trinajstić information content (AvgIpc) is 3.40. The van der Waals surface area contributed by atoms with Crippen molar-refractivity contribution in [3.63, 3.8) is 0 Å². The van der Waals surface area contributed by atoms with E-state index in [2.05, 4.69) is 26.2 Å². The fourth-order valence-corrected chi connectivity index (χ4v) is 3.07. The largest absolute Gasteiger partial charge is 0.379 e.